The second-order valence-corrected chi connectivity index (χ2v) is 5.33. The Morgan fingerprint density at radius 3 is 2.76 bits per heavy atom. The van der Waals surface area contributed by atoms with Crippen LogP contribution in [-0.2, 0) is 11.3 Å². The Kier molecular flexibility index (Phi) is 5.58. The largest absolute Gasteiger partial charge is 0.480 e. The van der Waals surface area contributed by atoms with Crippen LogP contribution in [0.3, 0.4) is 0 Å². The second kappa shape index (κ2) is 6.71. The van der Waals surface area contributed by atoms with E-state index in [1.165, 1.54) is 0 Å². The summed E-state index contributed by atoms with van der Waals surface area (Å²) in [5.41, 5.74) is 0.980. The molecule has 0 aliphatic heterocycles. The van der Waals surface area contributed by atoms with Gasteiger partial charge < -0.3 is 5.11 Å². The van der Waals surface area contributed by atoms with Crippen LogP contribution in [-0.4, -0.2) is 34.0 Å². The quantitative estimate of drug-likeness (QED) is 0.814. The van der Waals surface area contributed by atoms with Crippen LogP contribution in [0.2, 0.25) is 0 Å². The maximum absolute atomic E-state index is 10.7. The third kappa shape index (κ3) is 4.83. The Morgan fingerprint density at radius 2 is 2.29 bits per heavy atom. The lowest BCUT2D eigenvalue weighted by atomic mass is 10.2. The van der Waals surface area contributed by atoms with Crippen molar-refractivity contribution in [1.29, 1.82) is 0 Å². The highest BCUT2D eigenvalue weighted by molar-refractivity contribution is 7.09. The number of hydrogen-bond donors (Lipinski definition) is 1. The molecule has 0 aromatic carbocycles. The molecule has 0 fully saturated rings. The standard InChI is InChI=1S/C12H20N2O2S/c1-4-5-14(7-11(15)16)6-10-8-17-12(13-10)9(2)3/h8-9H,4-7H2,1-3H3,(H,15,16). The van der Waals surface area contributed by atoms with Gasteiger partial charge in [-0.15, -0.1) is 11.3 Å². The third-order valence-corrected chi connectivity index (χ3v) is 3.54. The van der Waals surface area contributed by atoms with E-state index in [2.05, 4.69) is 25.8 Å². The van der Waals surface area contributed by atoms with Gasteiger partial charge in [0.15, 0.2) is 0 Å². The van der Waals surface area contributed by atoms with Gasteiger partial charge in [-0.1, -0.05) is 20.8 Å². The number of nitrogens with zero attached hydrogens (tertiary/aromatic N) is 2. The predicted octanol–water partition coefficient (Wildman–Crippen LogP) is 2.56. The lowest BCUT2D eigenvalue weighted by molar-refractivity contribution is -0.138. The molecule has 96 valence electrons. The molecule has 0 spiro atoms. The van der Waals surface area contributed by atoms with Crippen LogP contribution >= 0.6 is 11.3 Å². The molecule has 0 amide bonds. The zero-order chi connectivity index (χ0) is 12.8. The summed E-state index contributed by atoms with van der Waals surface area (Å²) in [6, 6.07) is 0. The molecule has 4 nitrogen and oxygen atoms in total. The van der Waals surface area contributed by atoms with Gasteiger partial charge in [-0.3, -0.25) is 9.69 Å². The number of aliphatic carboxylic acids is 1. The first-order valence-electron chi connectivity index (χ1n) is 5.91. The summed E-state index contributed by atoms with van der Waals surface area (Å²) in [6.45, 7) is 7.79. The fraction of sp³-hybridized carbons (Fsp3) is 0.667. The van der Waals surface area contributed by atoms with Crippen LogP contribution in [0, 0.1) is 0 Å². The molecule has 1 N–H and O–H groups in total. The lowest BCUT2D eigenvalue weighted by Gasteiger charge is -2.17. The maximum Gasteiger partial charge on any atom is 0.317 e. The highest BCUT2D eigenvalue weighted by Crippen LogP contribution is 2.19. The number of carboxylic acid groups (broad SMARTS) is 1. The van der Waals surface area contributed by atoms with Crippen molar-refractivity contribution in [3.05, 3.63) is 16.1 Å². The van der Waals surface area contributed by atoms with E-state index < -0.39 is 5.97 Å². The molecular formula is C12H20N2O2S. The van der Waals surface area contributed by atoms with E-state index in [0.29, 0.717) is 12.5 Å². The summed E-state index contributed by atoms with van der Waals surface area (Å²) in [5, 5.41) is 12.0. The second-order valence-electron chi connectivity index (χ2n) is 4.44. The molecular weight excluding hydrogens is 236 g/mol. The molecule has 0 aliphatic rings. The van der Waals surface area contributed by atoms with Crippen LogP contribution in [0.15, 0.2) is 5.38 Å². The average Bonchev–Trinajstić information content (AvgIpc) is 2.65. The van der Waals surface area contributed by atoms with Gasteiger partial charge in [-0.25, -0.2) is 4.98 Å². The molecule has 17 heavy (non-hydrogen) atoms. The monoisotopic (exact) mass is 256 g/mol. The highest BCUT2D eigenvalue weighted by Gasteiger charge is 2.12. The number of carboxylic acids is 1. The van der Waals surface area contributed by atoms with Gasteiger partial charge in [-0.2, -0.15) is 0 Å². The first-order chi connectivity index (χ1) is 8.02. The number of hydrogen-bond acceptors (Lipinski definition) is 4. The molecule has 0 aliphatic carbocycles. The summed E-state index contributed by atoms with van der Waals surface area (Å²) < 4.78 is 0. The van der Waals surface area contributed by atoms with Crippen LogP contribution in [0.5, 0.6) is 0 Å². The smallest absolute Gasteiger partial charge is 0.317 e. The molecule has 5 heteroatoms. The number of aromatic nitrogens is 1. The van der Waals surface area contributed by atoms with Crippen molar-refractivity contribution in [1.82, 2.24) is 9.88 Å². The molecule has 0 atom stereocenters. The first kappa shape index (κ1) is 14.1. The molecule has 0 saturated heterocycles. The summed E-state index contributed by atoms with van der Waals surface area (Å²) in [7, 11) is 0. The topological polar surface area (TPSA) is 53.4 Å². The van der Waals surface area contributed by atoms with E-state index in [1.54, 1.807) is 11.3 Å². The number of rotatable bonds is 7. The van der Waals surface area contributed by atoms with Crippen molar-refractivity contribution in [2.75, 3.05) is 13.1 Å². The van der Waals surface area contributed by atoms with E-state index in [0.717, 1.165) is 23.7 Å². The lowest BCUT2D eigenvalue weighted by Crippen LogP contribution is -2.30. The van der Waals surface area contributed by atoms with E-state index in [1.807, 2.05) is 10.3 Å². The van der Waals surface area contributed by atoms with E-state index in [-0.39, 0.29) is 6.54 Å². The van der Waals surface area contributed by atoms with Crippen LogP contribution < -0.4 is 0 Å². The molecule has 1 heterocycles. The number of carbonyl (C=O) groups is 1. The fourth-order valence-corrected chi connectivity index (χ4v) is 2.44. The molecule has 0 unspecified atom stereocenters. The molecule has 1 rings (SSSR count). The summed E-state index contributed by atoms with van der Waals surface area (Å²) in [6.07, 6.45) is 0.953. The van der Waals surface area contributed by atoms with Gasteiger partial charge in [0, 0.05) is 17.8 Å². The van der Waals surface area contributed by atoms with Crippen LogP contribution in [0.4, 0.5) is 0 Å². The first-order valence-corrected chi connectivity index (χ1v) is 6.79. The van der Waals surface area contributed by atoms with Crippen molar-refractivity contribution in [3.63, 3.8) is 0 Å². The third-order valence-electron chi connectivity index (χ3n) is 2.35. The van der Waals surface area contributed by atoms with Crippen LogP contribution in [0.25, 0.3) is 0 Å². The highest BCUT2D eigenvalue weighted by atomic mass is 32.1. The minimum atomic E-state index is -0.780. The minimum absolute atomic E-state index is 0.0857. The zero-order valence-corrected chi connectivity index (χ0v) is 11.5. The van der Waals surface area contributed by atoms with Crippen LogP contribution in [0.1, 0.15) is 43.8 Å². The summed E-state index contributed by atoms with van der Waals surface area (Å²) in [4.78, 5) is 17.2. The Hall–Kier alpha value is -0.940. The van der Waals surface area contributed by atoms with Gasteiger partial charge in [-0.05, 0) is 13.0 Å². The predicted molar refractivity (Wildman–Crippen MR) is 69.4 cm³/mol. The average molecular weight is 256 g/mol. The van der Waals surface area contributed by atoms with Gasteiger partial charge in [0.25, 0.3) is 0 Å². The number of thiazole rings is 1. The van der Waals surface area contributed by atoms with Gasteiger partial charge in [0.1, 0.15) is 0 Å². The summed E-state index contributed by atoms with van der Waals surface area (Å²) >= 11 is 1.65. The minimum Gasteiger partial charge on any atom is -0.480 e. The fourth-order valence-electron chi connectivity index (χ4n) is 1.61. The zero-order valence-electron chi connectivity index (χ0n) is 10.6. The Morgan fingerprint density at radius 1 is 1.59 bits per heavy atom. The molecule has 0 saturated carbocycles. The normalized spacial score (nSPS) is 11.4. The van der Waals surface area contributed by atoms with Crippen molar-refractivity contribution in [3.8, 4) is 0 Å². The Bertz CT molecular complexity index is 363. The van der Waals surface area contributed by atoms with Crippen molar-refractivity contribution in [2.24, 2.45) is 0 Å². The molecule has 0 radical (unpaired) electrons. The Labute approximate surface area is 106 Å². The SMILES string of the molecule is CCCN(CC(=O)O)Cc1csc(C(C)C)n1. The molecule has 1 aromatic rings. The molecule has 0 bridgehead atoms. The van der Waals surface area contributed by atoms with Gasteiger partial charge in [0.05, 0.1) is 17.2 Å². The molecule has 1 aromatic heterocycles. The summed E-state index contributed by atoms with van der Waals surface area (Å²) in [5.74, 6) is -0.342. The van der Waals surface area contributed by atoms with E-state index in [4.69, 9.17) is 5.11 Å². The van der Waals surface area contributed by atoms with E-state index >= 15 is 0 Å². The van der Waals surface area contributed by atoms with Gasteiger partial charge >= 0.3 is 5.97 Å². The van der Waals surface area contributed by atoms with Crippen molar-refractivity contribution >= 4 is 17.3 Å². The van der Waals surface area contributed by atoms with E-state index in [9.17, 15) is 4.79 Å². The van der Waals surface area contributed by atoms with Gasteiger partial charge in [0.2, 0.25) is 0 Å². The maximum atomic E-state index is 10.7. The Balaban J connectivity index is 2.61. The van der Waals surface area contributed by atoms with Crippen molar-refractivity contribution < 1.29 is 9.90 Å². The van der Waals surface area contributed by atoms with Crippen molar-refractivity contribution in [2.45, 2.75) is 39.7 Å².